The minimum atomic E-state index is 0.416. The lowest BCUT2D eigenvalue weighted by Gasteiger charge is -2.27. The smallest absolute Gasteiger partial charge is 0.0107 e. The molecule has 0 spiro atoms. The van der Waals surface area contributed by atoms with Gasteiger partial charge in [-0.05, 0) is 47.8 Å². The van der Waals surface area contributed by atoms with E-state index in [2.05, 4.69) is 45.9 Å². The van der Waals surface area contributed by atoms with Gasteiger partial charge in [-0.1, -0.05) is 39.0 Å². The van der Waals surface area contributed by atoms with Crippen molar-refractivity contribution >= 4 is 0 Å². The monoisotopic (exact) mass is 188 g/mol. The number of hydrogen-bond acceptors (Lipinski definition) is 0. The van der Waals surface area contributed by atoms with Gasteiger partial charge in [0.05, 0.1) is 0 Å². The van der Waals surface area contributed by atoms with Crippen molar-refractivity contribution in [2.45, 2.75) is 46.5 Å². The summed E-state index contributed by atoms with van der Waals surface area (Å²) in [5, 5.41) is 0. The van der Waals surface area contributed by atoms with Crippen molar-refractivity contribution < 1.29 is 0 Å². The van der Waals surface area contributed by atoms with Crippen molar-refractivity contribution in [1.29, 1.82) is 0 Å². The Balaban J connectivity index is 2.45. The fraction of sp³-hybridized carbons (Fsp3) is 0.571. The molecule has 0 fully saturated rings. The predicted octanol–water partition coefficient (Wildman–Crippen LogP) is 4.07. The molecule has 1 aromatic carbocycles. The summed E-state index contributed by atoms with van der Waals surface area (Å²) in [5.41, 5.74) is 5.12. The van der Waals surface area contributed by atoms with E-state index in [9.17, 15) is 0 Å². The summed E-state index contributed by atoms with van der Waals surface area (Å²) < 4.78 is 0. The van der Waals surface area contributed by atoms with Gasteiger partial charge in [-0.25, -0.2) is 0 Å². The molecule has 1 aliphatic rings. The summed E-state index contributed by atoms with van der Waals surface area (Å²) in [6, 6.07) is 6.77. The molecule has 0 saturated heterocycles. The molecule has 0 heterocycles. The van der Waals surface area contributed by atoms with Crippen molar-refractivity contribution in [3.05, 3.63) is 34.9 Å². The fourth-order valence-corrected chi connectivity index (χ4v) is 2.74. The maximum atomic E-state index is 2.36. The van der Waals surface area contributed by atoms with E-state index in [1.54, 1.807) is 11.1 Å². The van der Waals surface area contributed by atoms with Crippen LogP contribution in [0.3, 0.4) is 0 Å². The predicted molar refractivity (Wildman–Crippen MR) is 61.7 cm³/mol. The largest absolute Gasteiger partial charge is 0.0617 e. The third-order valence-corrected chi connectivity index (χ3v) is 3.55. The Bertz CT molecular complexity index is 342. The zero-order valence-electron chi connectivity index (χ0n) is 9.72. The van der Waals surface area contributed by atoms with Crippen molar-refractivity contribution in [2.24, 2.45) is 5.41 Å². The second kappa shape index (κ2) is 3.12. The van der Waals surface area contributed by atoms with Crippen LogP contribution in [0.5, 0.6) is 0 Å². The van der Waals surface area contributed by atoms with E-state index in [0.29, 0.717) is 5.41 Å². The minimum absolute atomic E-state index is 0.416. The molecule has 0 N–H and O–H groups in total. The summed E-state index contributed by atoms with van der Waals surface area (Å²) in [4.78, 5) is 0. The van der Waals surface area contributed by atoms with Gasteiger partial charge in [-0.3, -0.25) is 0 Å². The van der Waals surface area contributed by atoms with Crippen molar-refractivity contribution in [3.63, 3.8) is 0 Å². The summed E-state index contributed by atoms with van der Waals surface area (Å²) >= 11 is 0. The van der Waals surface area contributed by atoms with Gasteiger partial charge in [0.1, 0.15) is 0 Å². The van der Waals surface area contributed by atoms with Crippen LogP contribution in [-0.2, 0) is 6.42 Å². The third-order valence-electron chi connectivity index (χ3n) is 3.55. The lowest BCUT2D eigenvalue weighted by molar-refractivity contribution is 0.319. The molecule has 0 saturated carbocycles. The van der Waals surface area contributed by atoms with Crippen LogP contribution in [-0.4, -0.2) is 0 Å². The highest BCUT2D eigenvalue weighted by atomic mass is 14.4. The molecule has 0 aromatic heterocycles. The van der Waals surface area contributed by atoms with Crippen LogP contribution in [0.1, 0.15) is 49.8 Å². The van der Waals surface area contributed by atoms with Gasteiger partial charge in [0.25, 0.3) is 0 Å². The molecule has 76 valence electrons. The van der Waals surface area contributed by atoms with Gasteiger partial charge in [0.2, 0.25) is 0 Å². The van der Waals surface area contributed by atoms with Crippen molar-refractivity contribution in [1.82, 2.24) is 0 Å². The van der Waals surface area contributed by atoms with E-state index in [4.69, 9.17) is 0 Å². The van der Waals surface area contributed by atoms with Gasteiger partial charge >= 0.3 is 0 Å². The molecule has 0 unspecified atom stereocenters. The Hall–Kier alpha value is -0.780. The molecule has 2 rings (SSSR count). The van der Waals surface area contributed by atoms with Gasteiger partial charge in [-0.15, -0.1) is 0 Å². The average Bonchev–Trinajstić information content (AvgIpc) is 2.47. The number of hydrogen-bond donors (Lipinski definition) is 0. The van der Waals surface area contributed by atoms with Crippen LogP contribution in [0.4, 0.5) is 0 Å². The number of fused-ring (bicyclic) bond motifs is 1. The van der Waals surface area contributed by atoms with Crippen LogP contribution in [0.2, 0.25) is 0 Å². The molecule has 0 amide bonds. The van der Waals surface area contributed by atoms with E-state index < -0.39 is 0 Å². The highest BCUT2D eigenvalue weighted by Gasteiger charge is 2.32. The van der Waals surface area contributed by atoms with Crippen LogP contribution >= 0.6 is 0 Å². The number of benzene rings is 1. The number of aryl methyl sites for hydroxylation is 1. The van der Waals surface area contributed by atoms with E-state index in [1.165, 1.54) is 18.4 Å². The second-order valence-corrected chi connectivity index (χ2v) is 5.60. The van der Waals surface area contributed by atoms with Gasteiger partial charge in [-0.2, -0.15) is 0 Å². The zero-order valence-corrected chi connectivity index (χ0v) is 9.72. The summed E-state index contributed by atoms with van der Waals surface area (Å²) in [5.74, 6) is 0.761. The first-order chi connectivity index (χ1) is 6.50. The zero-order chi connectivity index (χ0) is 10.3. The lowest BCUT2D eigenvalue weighted by Crippen LogP contribution is -2.15. The molecule has 1 aromatic rings. The van der Waals surface area contributed by atoms with E-state index >= 15 is 0 Å². The third kappa shape index (κ3) is 1.47. The molecule has 0 aliphatic heterocycles. The Morgan fingerprint density at radius 2 is 1.93 bits per heavy atom. The maximum absolute atomic E-state index is 2.36. The Morgan fingerprint density at radius 3 is 2.57 bits per heavy atom. The minimum Gasteiger partial charge on any atom is -0.0617 e. The normalized spacial score (nSPS) is 21.0. The van der Waals surface area contributed by atoms with Crippen LogP contribution < -0.4 is 0 Å². The maximum Gasteiger partial charge on any atom is -0.0107 e. The first kappa shape index (κ1) is 9.76. The Morgan fingerprint density at radius 1 is 1.21 bits per heavy atom. The lowest BCUT2D eigenvalue weighted by atomic mass is 9.77. The molecular weight excluding hydrogens is 168 g/mol. The van der Waals surface area contributed by atoms with Gasteiger partial charge < -0.3 is 0 Å². The van der Waals surface area contributed by atoms with Crippen LogP contribution in [0, 0.1) is 12.3 Å². The van der Waals surface area contributed by atoms with E-state index in [0.717, 1.165) is 5.92 Å². The molecule has 0 bridgehead atoms. The molecule has 1 atom stereocenters. The highest BCUT2D eigenvalue weighted by molar-refractivity contribution is 5.41. The Kier molecular flexibility index (Phi) is 2.17. The fourth-order valence-electron chi connectivity index (χ4n) is 2.74. The first-order valence-corrected chi connectivity index (χ1v) is 5.58. The first-order valence-electron chi connectivity index (χ1n) is 5.58. The molecule has 1 aliphatic carbocycles. The molecule has 0 nitrogen and oxygen atoms in total. The quantitative estimate of drug-likeness (QED) is 0.575. The second-order valence-electron chi connectivity index (χ2n) is 5.60. The van der Waals surface area contributed by atoms with Crippen LogP contribution in [0.15, 0.2) is 18.2 Å². The van der Waals surface area contributed by atoms with Crippen molar-refractivity contribution in [3.8, 4) is 0 Å². The van der Waals surface area contributed by atoms with E-state index in [-0.39, 0.29) is 0 Å². The molecular formula is C14H20. The van der Waals surface area contributed by atoms with Crippen LogP contribution in [0.25, 0.3) is 0 Å². The summed E-state index contributed by atoms with van der Waals surface area (Å²) in [7, 11) is 0. The highest BCUT2D eigenvalue weighted by Crippen LogP contribution is 2.45. The average molecular weight is 188 g/mol. The summed E-state index contributed by atoms with van der Waals surface area (Å²) in [6.45, 7) is 9.31. The van der Waals surface area contributed by atoms with E-state index in [1.807, 2.05) is 0 Å². The molecule has 0 heteroatoms. The standard InChI is InChI=1S/C14H20/c1-10-6-5-7-12-11(10)8-9-13(12)14(2,3)4/h5-7,13H,8-9H2,1-4H3/t13-/m0/s1. The van der Waals surface area contributed by atoms with Gasteiger partial charge in [0.15, 0.2) is 0 Å². The van der Waals surface area contributed by atoms with Gasteiger partial charge in [0, 0.05) is 0 Å². The Labute approximate surface area is 87.3 Å². The molecule has 0 radical (unpaired) electrons. The number of rotatable bonds is 0. The summed E-state index contributed by atoms with van der Waals surface area (Å²) in [6.07, 6.45) is 2.62. The molecule has 14 heavy (non-hydrogen) atoms. The SMILES string of the molecule is Cc1cccc2c1CC[C@@H]2C(C)(C)C. The van der Waals surface area contributed by atoms with Crippen molar-refractivity contribution in [2.75, 3.05) is 0 Å². The topological polar surface area (TPSA) is 0 Å².